The van der Waals surface area contributed by atoms with Crippen molar-refractivity contribution in [2.45, 2.75) is 44.9 Å². The predicted octanol–water partition coefficient (Wildman–Crippen LogP) is 4.99. The van der Waals surface area contributed by atoms with E-state index in [-0.39, 0.29) is 5.91 Å². The van der Waals surface area contributed by atoms with Crippen LogP contribution in [0, 0.1) is 23.2 Å². The fourth-order valence-corrected chi connectivity index (χ4v) is 6.02. The molecule has 112 valence electrons. The summed E-state index contributed by atoms with van der Waals surface area (Å²) in [7, 11) is 0. The second-order valence-corrected chi connectivity index (χ2v) is 8.57. The van der Waals surface area contributed by atoms with Crippen LogP contribution in [0.1, 0.15) is 44.9 Å². The highest BCUT2D eigenvalue weighted by Crippen LogP contribution is 2.61. The summed E-state index contributed by atoms with van der Waals surface area (Å²) in [6, 6.07) is 7.87. The van der Waals surface area contributed by atoms with Gasteiger partial charge in [-0.2, -0.15) is 0 Å². The predicted molar refractivity (Wildman–Crippen MR) is 88.0 cm³/mol. The van der Waals surface area contributed by atoms with E-state index in [2.05, 4.69) is 21.2 Å². The third-order valence-corrected chi connectivity index (χ3v) is 6.30. The van der Waals surface area contributed by atoms with Gasteiger partial charge in [-0.1, -0.05) is 22.0 Å². The number of anilines is 1. The molecule has 0 saturated heterocycles. The van der Waals surface area contributed by atoms with Crippen molar-refractivity contribution < 1.29 is 4.79 Å². The lowest BCUT2D eigenvalue weighted by Crippen LogP contribution is -2.47. The van der Waals surface area contributed by atoms with Crippen molar-refractivity contribution in [3.05, 3.63) is 28.7 Å². The van der Waals surface area contributed by atoms with Gasteiger partial charge in [0.15, 0.2) is 0 Å². The molecule has 1 amide bonds. The van der Waals surface area contributed by atoms with E-state index in [1.807, 2.05) is 24.3 Å². The highest BCUT2D eigenvalue weighted by atomic mass is 79.9. The third-order valence-electron chi connectivity index (χ3n) is 5.81. The molecule has 0 radical (unpaired) electrons. The minimum atomic E-state index is 0.204. The molecule has 21 heavy (non-hydrogen) atoms. The molecule has 4 aliphatic carbocycles. The molecule has 4 aliphatic rings. The monoisotopic (exact) mass is 347 g/mol. The smallest absolute Gasteiger partial charge is 0.224 e. The Kier molecular flexibility index (Phi) is 3.36. The van der Waals surface area contributed by atoms with Gasteiger partial charge in [-0.05, 0) is 79.9 Å². The Morgan fingerprint density at radius 3 is 2.33 bits per heavy atom. The van der Waals surface area contributed by atoms with E-state index < -0.39 is 0 Å². The van der Waals surface area contributed by atoms with Crippen LogP contribution >= 0.6 is 15.9 Å². The molecule has 1 aromatic carbocycles. The number of benzene rings is 1. The number of amides is 1. The topological polar surface area (TPSA) is 29.1 Å². The summed E-state index contributed by atoms with van der Waals surface area (Å²) in [5.41, 5.74) is 1.23. The Hall–Kier alpha value is -0.830. The first-order valence-corrected chi connectivity index (χ1v) is 8.95. The second kappa shape index (κ2) is 5.12. The zero-order valence-electron chi connectivity index (χ0n) is 12.3. The van der Waals surface area contributed by atoms with Crippen LogP contribution in [0.4, 0.5) is 5.69 Å². The summed E-state index contributed by atoms with van der Waals surface area (Å²) < 4.78 is 1.01. The van der Waals surface area contributed by atoms with Gasteiger partial charge < -0.3 is 5.32 Å². The van der Waals surface area contributed by atoms with Crippen molar-refractivity contribution in [1.82, 2.24) is 0 Å². The minimum Gasteiger partial charge on any atom is -0.326 e. The molecule has 4 saturated carbocycles. The van der Waals surface area contributed by atoms with E-state index in [4.69, 9.17) is 0 Å². The van der Waals surface area contributed by atoms with Crippen LogP contribution in [0.25, 0.3) is 0 Å². The van der Waals surface area contributed by atoms with Crippen LogP contribution in [-0.4, -0.2) is 5.91 Å². The number of nitrogens with one attached hydrogen (secondary N) is 1. The normalized spacial score (nSPS) is 36.7. The Labute approximate surface area is 134 Å². The largest absolute Gasteiger partial charge is 0.326 e. The molecule has 5 rings (SSSR count). The second-order valence-electron chi connectivity index (χ2n) is 7.65. The van der Waals surface area contributed by atoms with Gasteiger partial charge in [0.2, 0.25) is 5.91 Å². The highest BCUT2D eigenvalue weighted by Gasteiger charge is 2.51. The average molecular weight is 348 g/mol. The van der Waals surface area contributed by atoms with Gasteiger partial charge in [0.25, 0.3) is 0 Å². The first-order chi connectivity index (χ1) is 10.1. The molecule has 4 fully saturated rings. The van der Waals surface area contributed by atoms with Gasteiger partial charge >= 0.3 is 0 Å². The fraction of sp³-hybridized carbons (Fsp3) is 0.611. The summed E-state index contributed by atoms with van der Waals surface area (Å²) in [6.45, 7) is 0. The molecular weight excluding hydrogens is 326 g/mol. The summed E-state index contributed by atoms with van der Waals surface area (Å²) in [5.74, 6) is 2.94. The van der Waals surface area contributed by atoms with E-state index in [0.29, 0.717) is 5.41 Å². The van der Waals surface area contributed by atoms with Crippen LogP contribution in [0.15, 0.2) is 28.7 Å². The molecule has 2 nitrogen and oxygen atoms in total. The summed E-state index contributed by atoms with van der Waals surface area (Å²) in [4.78, 5) is 12.5. The molecule has 1 N–H and O–H groups in total. The van der Waals surface area contributed by atoms with Crippen molar-refractivity contribution in [1.29, 1.82) is 0 Å². The maximum atomic E-state index is 12.5. The first kappa shape index (κ1) is 13.8. The van der Waals surface area contributed by atoms with Crippen molar-refractivity contribution in [3.63, 3.8) is 0 Å². The SMILES string of the molecule is O=C(CC12CC3CC(CC(C3)C1)C2)Nc1cccc(Br)c1. The van der Waals surface area contributed by atoms with Gasteiger partial charge in [-0.15, -0.1) is 0 Å². The Morgan fingerprint density at radius 2 is 1.76 bits per heavy atom. The van der Waals surface area contributed by atoms with Gasteiger partial charge in [0, 0.05) is 16.6 Å². The molecule has 0 atom stereocenters. The van der Waals surface area contributed by atoms with Gasteiger partial charge in [0.1, 0.15) is 0 Å². The average Bonchev–Trinajstić information content (AvgIpc) is 2.35. The number of carbonyl (C=O) groups excluding carboxylic acids is 1. The van der Waals surface area contributed by atoms with Crippen LogP contribution < -0.4 is 5.32 Å². The number of hydrogen-bond acceptors (Lipinski definition) is 1. The van der Waals surface area contributed by atoms with Crippen molar-refractivity contribution in [3.8, 4) is 0 Å². The van der Waals surface area contributed by atoms with Gasteiger partial charge in [0.05, 0.1) is 0 Å². The van der Waals surface area contributed by atoms with Gasteiger partial charge in [-0.25, -0.2) is 0 Å². The zero-order valence-corrected chi connectivity index (χ0v) is 13.9. The quantitative estimate of drug-likeness (QED) is 0.819. The van der Waals surface area contributed by atoms with Crippen molar-refractivity contribution in [2.24, 2.45) is 23.2 Å². The van der Waals surface area contributed by atoms with Crippen molar-refractivity contribution >= 4 is 27.5 Å². The molecule has 0 aromatic heterocycles. The molecule has 3 heteroatoms. The third kappa shape index (κ3) is 2.77. The van der Waals surface area contributed by atoms with E-state index in [1.54, 1.807) is 0 Å². The van der Waals surface area contributed by atoms with E-state index in [0.717, 1.165) is 34.3 Å². The molecule has 0 spiro atoms. The van der Waals surface area contributed by atoms with Crippen LogP contribution in [0.2, 0.25) is 0 Å². The van der Waals surface area contributed by atoms with E-state index in [1.165, 1.54) is 38.5 Å². The lowest BCUT2D eigenvalue weighted by molar-refractivity contribution is -0.124. The Balaban J connectivity index is 1.45. The molecule has 4 bridgehead atoms. The van der Waals surface area contributed by atoms with Crippen LogP contribution in [0.5, 0.6) is 0 Å². The van der Waals surface area contributed by atoms with Crippen LogP contribution in [0.3, 0.4) is 0 Å². The Morgan fingerprint density at radius 1 is 1.14 bits per heavy atom. The number of hydrogen-bond donors (Lipinski definition) is 1. The first-order valence-electron chi connectivity index (χ1n) is 8.16. The summed E-state index contributed by atoms with van der Waals surface area (Å²) >= 11 is 3.45. The highest BCUT2D eigenvalue weighted by molar-refractivity contribution is 9.10. The molecule has 0 unspecified atom stereocenters. The summed E-state index contributed by atoms with van der Waals surface area (Å²) in [6.07, 6.45) is 8.93. The maximum absolute atomic E-state index is 12.5. The zero-order chi connectivity index (χ0) is 14.4. The molecule has 1 aromatic rings. The van der Waals surface area contributed by atoms with E-state index in [9.17, 15) is 4.79 Å². The Bertz CT molecular complexity index is 533. The number of halogens is 1. The van der Waals surface area contributed by atoms with E-state index >= 15 is 0 Å². The summed E-state index contributed by atoms with van der Waals surface area (Å²) in [5, 5.41) is 3.09. The van der Waals surface area contributed by atoms with Gasteiger partial charge in [-0.3, -0.25) is 4.79 Å². The number of carbonyl (C=O) groups is 1. The molecular formula is C18H22BrNO. The standard InChI is InChI=1S/C18H22BrNO/c19-15-2-1-3-16(7-15)20-17(21)11-18-8-12-4-13(9-18)6-14(5-12)10-18/h1-3,7,12-14H,4-6,8-11H2,(H,20,21). The molecule has 0 aliphatic heterocycles. The lowest BCUT2D eigenvalue weighted by Gasteiger charge is -2.56. The maximum Gasteiger partial charge on any atom is 0.224 e. The minimum absolute atomic E-state index is 0.204. The van der Waals surface area contributed by atoms with Crippen molar-refractivity contribution in [2.75, 3.05) is 5.32 Å². The molecule has 0 heterocycles. The number of rotatable bonds is 3. The van der Waals surface area contributed by atoms with Crippen LogP contribution in [-0.2, 0) is 4.79 Å². The lowest BCUT2D eigenvalue weighted by atomic mass is 9.49. The fourth-order valence-electron chi connectivity index (χ4n) is 5.62.